The largest absolute Gasteiger partial charge is 0.481 e. The number of carbonyl (C=O) groups is 1. The molecule has 1 N–H and O–H groups in total. The van der Waals surface area contributed by atoms with E-state index in [0.717, 1.165) is 16.6 Å². The summed E-state index contributed by atoms with van der Waals surface area (Å²) in [6.07, 6.45) is 0.0407. The molecule has 0 saturated heterocycles. The van der Waals surface area contributed by atoms with Gasteiger partial charge in [-0.15, -0.1) is 0 Å². The molecule has 2 aromatic rings. The molecule has 0 saturated carbocycles. The highest BCUT2D eigenvalue weighted by Gasteiger charge is 2.09. The predicted molar refractivity (Wildman–Crippen MR) is 61.7 cm³/mol. The highest BCUT2D eigenvalue weighted by Crippen LogP contribution is 2.21. The second-order valence-electron chi connectivity index (χ2n) is 3.67. The van der Waals surface area contributed by atoms with Crippen molar-refractivity contribution in [1.29, 1.82) is 0 Å². The number of carboxylic acids is 1. The Balaban J connectivity index is 2.43. The molecule has 0 unspecified atom stereocenters. The second-order valence-corrected chi connectivity index (χ2v) is 4.01. The number of aryl methyl sites for hydroxylation is 2. The number of fused-ring (bicyclic) bond motifs is 1. The lowest BCUT2D eigenvalue weighted by Gasteiger charge is -2.03. The van der Waals surface area contributed by atoms with Crippen LogP contribution in [-0.4, -0.2) is 20.6 Å². The average Bonchev–Trinajstić information content (AvgIpc) is 2.50. The van der Waals surface area contributed by atoms with Gasteiger partial charge in [-0.2, -0.15) is 0 Å². The van der Waals surface area contributed by atoms with Crippen LogP contribution in [0.15, 0.2) is 18.2 Å². The van der Waals surface area contributed by atoms with E-state index in [0.29, 0.717) is 11.8 Å². The molecule has 0 aliphatic rings. The number of aromatic nitrogens is 2. The van der Waals surface area contributed by atoms with Gasteiger partial charge in [-0.3, -0.25) is 4.79 Å². The molecule has 4 nitrogen and oxygen atoms in total. The number of rotatable bonds is 3. The Morgan fingerprint density at radius 3 is 3.00 bits per heavy atom. The maximum Gasteiger partial charge on any atom is 0.305 e. The molecule has 0 bridgehead atoms. The first-order chi connectivity index (χ1) is 7.58. The summed E-state index contributed by atoms with van der Waals surface area (Å²) in [6, 6.07) is 5.79. The summed E-state index contributed by atoms with van der Waals surface area (Å²) in [6.45, 7) is 2.32. The predicted octanol–water partition coefficient (Wildman–Crippen LogP) is 2.47. The van der Waals surface area contributed by atoms with E-state index in [1.165, 1.54) is 0 Å². The van der Waals surface area contributed by atoms with Gasteiger partial charge in [-0.1, -0.05) is 6.07 Å². The van der Waals surface area contributed by atoms with Crippen LogP contribution in [0.1, 0.15) is 12.0 Å². The fourth-order valence-corrected chi connectivity index (χ4v) is 1.90. The van der Waals surface area contributed by atoms with E-state index in [4.69, 9.17) is 16.7 Å². The zero-order chi connectivity index (χ0) is 11.7. The minimum atomic E-state index is -0.843. The fraction of sp³-hybridized carbons (Fsp3) is 0.273. The quantitative estimate of drug-likeness (QED) is 0.894. The molecular formula is C11H11ClN2O2. The molecular weight excluding hydrogens is 228 g/mol. The Kier molecular flexibility index (Phi) is 2.83. The lowest BCUT2D eigenvalue weighted by Crippen LogP contribution is -2.04. The average molecular weight is 239 g/mol. The Labute approximate surface area is 97.5 Å². The van der Waals surface area contributed by atoms with Crippen LogP contribution >= 0.6 is 11.6 Å². The minimum Gasteiger partial charge on any atom is -0.481 e. The number of hydrogen-bond donors (Lipinski definition) is 1. The molecule has 5 heteroatoms. The monoisotopic (exact) mass is 238 g/mol. The number of benzene rings is 1. The van der Waals surface area contributed by atoms with Crippen molar-refractivity contribution in [1.82, 2.24) is 9.55 Å². The molecule has 0 fully saturated rings. The second kappa shape index (κ2) is 4.14. The maximum atomic E-state index is 10.5. The molecule has 0 aliphatic heterocycles. The molecule has 84 valence electrons. The van der Waals surface area contributed by atoms with Crippen molar-refractivity contribution in [3.05, 3.63) is 29.0 Å². The summed E-state index contributed by atoms with van der Waals surface area (Å²) in [5.41, 5.74) is 2.78. The van der Waals surface area contributed by atoms with Crippen molar-refractivity contribution in [3.63, 3.8) is 0 Å². The van der Waals surface area contributed by atoms with Crippen molar-refractivity contribution in [2.45, 2.75) is 19.9 Å². The van der Waals surface area contributed by atoms with Gasteiger partial charge in [0.05, 0.1) is 17.5 Å². The van der Waals surface area contributed by atoms with Crippen molar-refractivity contribution in [3.8, 4) is 0 Å². The van der Waals surface area contributed by atoms with Crippen LogP contribution < -0.4 is 0 Å². The van der Waals surface area contributed by atoms with Gasteiger partial charge in [-0.05, 0) is 36.2 Å². The van der Waals surface area contributed by atoms with Gasteiger partial charge >= 0.3 is 5.97 Å². The van der Waals surface area contributed by atoms with Crippen LogP contribution in [0.25, 0.3) is 11.0 Å². The molecule has 0 aliphatic carbocycles. The Morgan fingerprint density at radius 1 is 1.56 bits per heavy atom. The third-order valence-corrected chi connectivity index (χ3v) is 2.69. The van der Waals surface area contributed by atoms with Crippen LogP contribution in [0.4, 0.5) is 0 Å². The van der Waals surface area contributed by atoms with Crippen molar-refractivity contribution in [2.75, 3.05) is 0 Å². The van der Waals surface area contributed by atoms with Crippen LogP contribution in [0.2, 0.25) is 5.28 Å². The Hall–Kier alpha value is -1.55. The van der Waals surface area contributed by atoms with Crippen LogP contribution in [0, 0.1) is 6.92 Å². The van der Waals surface area contributed by atoms with Crippen LogP contribution in [-0.2, 0) is 11.3 Å². The van der Waals surface area contributed by atoms with E-state index in [9.17, 15) is 4.79 Å². The van der Waals surface area contributed by atoms with E-state index < -0.39 is 5.97 Å². The zero-order valence-electron chi connectivity index (χ0n) is 8.77. The minimum absolute atomic E-state index is 0.0407. The summed E-state index contributed by atoms with van der Waals surface area (Å²) < 4.78 is 1.71. The number of halogens is 1. The highest BCUT2D eigenvalue weighted by molar-refractivity contribution is 6.29. The molecule has 2 rings (SSSR count). The van der Waals surface area contributed by atoms with E-state index in [2.05, 4.69) is 4.98 Å². The number of imidazole rings is 1. The van der Waals surface area contributed by atoms with Gasteiger partial charge in [0.1, 0.15) is 0 Å². The maximum absolute atomic E-state index is 10.5. The topological polar surface area (TPSA) is 55.1 Å². The molecule has 0 atom stereocenters. The van der Waals surface area contributed by atoms with Gasteiger partial charge in [-0.25, -0.2) is 4.98 Å². The fourth-order valence-electron chi connectivity index (χ4n) is 1.63. The molecule has 0 radical (unpaired) electrons. The highest BCUT2D eigenvalue weighted by atomic mass is 35.5. The first-order valence-electron chi connectivity index (χ1n) is 4.92. The SMILES string of the molecule is Cc1ccc2c(c1)nc(Cl)n2CCC(=O)O. The number of nitrogens with zero attached hydrogens (tertiary/aromatic N) is 2. The Morgan fingerprint density at radius 2 is 2.31 bits per heavy atom. The standard InChI is InChI=1S/C11H11ClN2O2/c1-7-2-3-9-8(6-7)13-11(12)14(9)5-4-10(15)16/h2-3,6H,4-5H2,1H3,(H,15,16). The molecule has 1 heterocycles. The van der Waals surface area contributed by atoms with Gasteiger partial charge in [0.2, 0.25) is 5.28 Å². The van der Waals surface area contributed by atoms with Gasteiger partial charge in [0, 0.05) is 6.54 Å². The first-order valence-corrected chi connectivity index (χ1v) is 5.30. The summed E-state index contributed by atoms with van der Waals surface area (Å²) >= 11 is 5.96. The van der Waals surface area contributed by atoms with Crippen molar-refractivity contribution in [2.24, 2.45) is 0 Å². The first kappa shape index (κ1) is 11.0. The van der Waals surface area contributed by atoms with E-state index in [1.807, 2.05) is 25.1 Å². The summed E-state index contributed by atoms with van der Waals surface area (Å²) in [5.74, 6) is -0.843. The third kappa shape index (κ3) is 2.02. The van der Waals surface area contributed by atoms with Crippen molar-refractivity contribution < 1.29 is 9.90 Å². The molecule has 0 spiro atoms. The smallest absolute Gasteiger partial charge is 0.305 e. The summed E-state index contributed by atoms with van der Waals surface area (Å²) in [5, 5.41) is 8.98. The number of hydrogen-bond acceptors (Lipinski definition) is 2. The molecule has 1 aromatic heterocycles. The summed E-state index contributed by atoms with van der Waals surface area (Å²) in [7, 11) is 0. The molecule has 0 amide bonds. The lowest BCUT2D eigenvalue weighted by molar-refractivity contribution is -0.137. The zero-order valence-corrected chi connectivity index (χ0v) is 9.53. The van der Waals surface area contributed by atoms with Crippen LogP contribution in [0.5, 0.6) is 0 Å². The van der Waals surface area contributed by atoms with E-state index >= 15 is 0 Å². The molecule has 16 heavy (non-hydrogen) atoms. The van der Waals surface area contributed by atoms with Gasteiger partial charge in [0.15, 0.2) is 0 Å². The van der Waals surface area contributed by atoms with E-state index in [-0.39, 0.29) is 6.42 Å². The molecule has 1 aromatic carbocycles. The van der Waals surface area contributed by atoms with E-state index in [1.54, 1.807) is 4.57 Å². The van der Waals surface area contributed by atoms with Crippen molar-refractivity contribution >= 4 is 28.6 Å². The van der Waals surface area contributed by atoms with Gasteiger partial charge < -0.3 is 9.67 Å². The number of carboxylic acid groups (broad SMARTS) is 1. The number of aliphatic carboxylic acids is 1. The van der Waals surface area contributed by atoms with Crippen LogP contribution in [0.3, 0.4) is 0 Å². The third-order valence-electron chi connectivity index (χ3n) is 2.41. The van der Waals surface area contributed by atoms with Gasteiger partial charge in [0.25, 0.3) is 0 Å². The Bertz CT molecular complexity index is 548. The lowest BCUT2D eigenvalue weighted by atomic mass is 10.2. The normalized spacial score (nSPS) is 10.9. The summed E-state index contributed by atoms with van der Waals surface area (Å²) in [4.78, 5) is 14.7.